The summed E-state index contributed by atoms with van der Waals surface area (Å²) in [5.74, 6) is 0.515. The van der Waals surface area contributed by atoms with Crippen molar-refractivity contribution in [2.75, 3.05) is 13.7 Å². The number of amides is 1. The van der Waals surface area contributed by atoms with Crippen molar-refractivity contribution in [3.8, 4) is 17.6 Å². The second kappa shape index (κ2) is 13.2. The van der Waals surface area contributed by atoms with Gasteiger partial charge in [0.05, 0.1) is 21.6 Å². The molecule has 0 atom stereocenters. The van der Waals surface area contributed by atoms with Gasteiger partial charge in [-0.3, -0.25) is 4.79 Å². The van der Waals surface area contributed by atoms with Crippen LogP contribution >= 0.6 is 39.1 Å². The molecule has 0 spiro atoms. The zero-order chi connectivity index (χ0) is 25.2. The van der Waals surface area contributed by atoms with Gasteiger partial charge in [-0.25, -0.2) is 0 Å². The highest BCUT2D eigenvalue weighted by molar-refractivity contribution is 9.10. The van der Waals surface area contributed by atoms with E-state index in [-0.39, 0.29) is 12.2 Å². The molecule has 35 heavy (non-hydrogen) atoms. The van der Waals surface area contributed by atoms with Crippen LogP contribution in [-0.2, 0) is 17.8 Å². The Bertz CT molecular complexity index is 1260. The van der Waals surface area contributed by atoms with Crippen molar-refractivity contribution in [2.45, 2.75) is 19.4 Å². The van der Waals surface area contributed by atoms with Gasteiger partial charge in [0.15, 0.2) is 11.5 Å². The zero-order valence-electron chi connectivity index (χ0n) is 19.0. The van der Waals surface area contributed by atoms with E-state index < -0.39 is 5.91 Å². The Morgan fingerprint density at radius 2 is 1.86 bits per heavy atom. The first kappa shape index (κ1) is 26.6. The molecule has 3 aromatic carbocycles. The van der Waals surface area contributed by atoms with Crippen LogP contribution in [0, 0.1) is 11.3 Å². The van der Waals surface area contributed by atoms with Crippen LogP contribution in [0.3, 0.4) is 0 Å². The summed E-state index contributed by atoms with van der Waals surface area (Å²) < 4.78 is 12.0. The van der Waals surface area contributed by atoms with Gasteiger partial charge < -0.3 is 14.8 Å². The third-order valence-corrected chi connectivity index (χ3v) is 6.39. The number of benzene rings is 3. The topological polar surface area (TPSA) is 71.3 Å². The maximum Gasteiger partial charge on any atom is 0.261 e. The molecule has 1 amide bonds. The number of nitriles is 1. The molecule has 0 radical (unpaired) electrons. The van der Waals surface area contributed by atoms with Crippen LogP contribution in [0.2, 0.25) is 10.0 Å². The molecule has 0 unspecified atom stereocenters. The Kier molecular flexibility index (Phi) is 10.0. The second-order valence-corrected chi connectivity index (χ2v) is 9.25. The molecule has 0 heterocycles. The average molecular weight is 574 g/mol. The minimum atomic E-state index is -0.421. The molecule has 0 saturated carbocycles. The number of rotatable bonds is 10. The summed E-state index contributed by atoms with van der Waals surface area (Å²) in [6.07, 6.45) is 3.14. The van der Waals surface area contributed by atoms with Crippen LogP contribution in [0.1, 0.15) is 23.1 Å². The SMILES string of the molecule is COc1cc(/C=C(/C#N)C(=O)NCCCc2ccccc2)cc(Br)c1OCc1ccc(Cl)c(Cl)c1. The quantitative estimate of drug-likeness (QED) is 0.161. The van der Waals surface area contributed by atoms with E-state index >= 15 is 0 Å². The van der Waals surface area contributed by atoms with Crippen LogP contribution in [0.25, 0.3) is 6.08 Å². The molecule has 3 rings (SSSR count). The number of aryl methyl sites for hydroxylation is 1. The van der Waals surface area contributed by atoms with Crippen LogP contribution in [-0.4, -0.2) is 19.6 Å². The van der Waals surface area contributed by atoms with E-state index in [0.717, 1.165) is 18.4 Å². The first-order chi connectivity index (χ1) is 16.9. The molecule has 0 saturated heterocycles. The summed E-state index contributed by atoms with van der Waals surface area (Å²) in [4.78, 5) is 12.5. The molecule has 0 aliphatic carbocycles. The van der Waals surface area contributed by atoms with Crippen molar-refractivity contribution in [2.24, 2.45) is 0 Å². The molecule has 8 heteroatoms. The Labute approximate surface area is 223 Å². The van der Waals surface area contributed by atoms with Crippen molar-refractivity contribution in [1.29, 1.82) is 5.26 Å². The van der Waals surface area contributed by atoms with Gasteiger partial charge in [-0.15, -0.1) is 0 Å². The molecule has 0 aromatic heterocycles. The lowest BCUT2D eigenvalue weighted by Crippen LogP contribution is -2.25. The molecule has 3 aromatic rings. The number of methoxy groups -OCH3 is 1. The minimum Gasteiger partial charge on any atom is -0.493 e. The normalized spacial score (nSPS) is 11.0. The molecular formula is C27H23BrCl2N2O3. The summed E-state index contributed by atoms with van der Waals surface area (Å²) in [6.45, 7) is 0.719. The zero-order valence-corrected chi connectivity index (χ0v) is 22.1. The number of halogens is 3. The maximum atomic E-state index is 12.5. The van der Waals surface area contributed by atoms with Crippen molar-refractivity contribution < 1.29 is 14.3 Å². The summed E-state index contributed by atoms with van der Waals surface area (Å²) in [5.41, 5.74) is 2.67. The molecule has 0 aliphatic rings. The van der Waals surface area contributed by atoms with Gasteiger partial charge in [0, 0.05) is 6.54 Å². The highest BCUT2D eigenvalue weighted by atomic mass is 79.9. The lowest BCUT2D eigenvalue weighted by Gasteiger charge is -2.14. The van der Waals surface area contributed by atoms with Gasteiger partial charge in [0.1, 0.15) is 18.2 Å². The van der Waals surface area contributed by atoms with Crippen molar-refractivity contribution in [1.82, 2.24) is 5.32 Å². The molecule has 0 fully saturated rings. The van der Waals surface area contributed by atoms with E-state index in [1.54, 1.807) is 24.3 Å². The van der Waals surface area contributed by atoms with E-state index in [1.165, 1.54) is 18.7 Å². The number of nitrogens with one attached hydrogen (secondary N) is 1. The van der Waals surface area contributed by atoms with Crippen LogP contribution in [0.4, 0.5) is 0 Å². The predicted molar refractivity (Wildman–Crippen MR) is 143 cm³/mol. The smallest absolute Gasteiger partial charge is 0.261 e. The third-order valence-electron chi connectivity index (χ3n) is 5.07. The standard InChI is InChI=1S/C27H23BrCl2N2O3/c1-34-25-15-20(13-22(28)26(25)35-17-19-9-10-23(29)24(30)14-19)12-21(16-31)27(33)32-11-5-8-18-6-3-2-4-7-18/h2-4,6-7,9-10,12-15H,5,8,11,17H2,1H3,(H,32,33)/b21-12-. The lowest BCUT2D eigenvalue weighted by molar-refractivity contribution is -0.117. The van der Waals surface area contributed by atoms with Gasteiger partial charge in [-0.1, -0.05) is 59.6 Å². The van der Waals surface area contributed by atoms with Gasteiger partial charge in [0.2, 0.25) is 0 Å². The van der Waals surface area contributed by atoms with Crippen molar-refractivity contribution >= 4 is 51.1 Å². The second-order valence-electron chi connectivity index (χ2n) is 7.59. The fourth-order valence-corrected chi connectivity index (χ4v) is 4.19. The minimum absolute atomic E-state index is 0.00291. The number of nitrogens with zero attached hydrogens (tertiary/aromatic N) is 1. The van der Waals surface area contributed by atoms with Crippen LogP contribution in [0.15, 0.2) is 70.7 Å². The first-order valence-corrected chi connectivity index (χ1v) is 12.3. The molecular weight excluding hydrogens is 551 g/mol. The summed E-state index contributed by atoms with van der Waals surface area (Å²) >= 11 is 15.5. The van der Waals surface area contributed by atoms with Crippen LogP contribution < -0.4 is 14.8 Å². The fourth-order valence-electron chi connectivity index (χ4n) is 3.30. The fraction of sp³-hybridized carbons (Fsp3) is 0.185. The van der Waals surface area contributed by atoms with Gasteiger partial charge in [-0.05, 0) is 75.8 Å². The van der Waals surface area contributed by atoms with Crippen molar-refractivity contribution in [3.63, 3.8) is 0 Å². The number of ether oxygens (including phenoxy) is 2. The predicted octanol–water partition coefficient (Wildman–Crippen LogP) is 7.00. The highest BCUT2D eigenvalue weighted by Crippen LogP contribution is 2.38. The van der Waals surface area contributed by atoms with Gasteiger partial charge in [0.25, 0.3) is 5.91 Å². The van der Waals surface area contributed by atoms with Crippen molar-refractivity contribution in [3.05, 3.63) is 97.4 Å². The lowest BCUT2D eigenvalue weighted by atomic mass is 10.1. The Morgan fingerprint density at radius 3 is 2.54 bits per heavy atom. The summed E-state index contributed by atoms with van der Waals surface area (Å²) in [5, 5.41) is 13.3. The van der Waals surface area contributed by atoms with Gasteiger partial charge in [-0.2, -0.15) is 5.26 Å². The third kappa shape index (κ3) is 7.76. The molecule has 0 bridgehead atoms. The van der Waals surface area contributed by atoms with E-state index in [1.807, 2.05) is 42.5 Å². The van der Waals surface area contributed by atoms with E-state index in [9.17, 15) is 10.1 Å². The Hall–Kier alpha value is -2.98. The van der Waals surface area contributed by atoms with E-state index in [0.29, 0.717) is 38.1 Å². The largest absolute Gasteiger partial charge is 0.493 e. The highest BCUT2D eigenvalue weighted by Gasteiger charge is 2.14. The average Bonchev–Trinajstić information content (AvgIpc) is 2.86. The van der Waals surface area contributed by atoms with E-state index in [4.69, 9.17) is 32.7 Å². The Morgan fingerprint density at radius 1 is 1.09 bits per heavy atom. The molecule has 1 N–H and O–H groups in total. The van der Waals surface area contributed by atoms with E-state index in [2.05, 4.69) is 21.2 Å². The molecule has 180 valence electrons. The molecule has 5 nitrogen and oxygen atoms in total. The van der Waals surface area contributed by atoms with Gasteiger partial charge >= 0.3 is 0 Å². The number of carbonyl (C=O) groups excluding carboxylic acids is 1. The Balaban J connectivity index is 1.66. The number of hydrogen-bond donors (Lipinski definition) is 1. The first-order valence-electron chi connectivity index (χ1n) is 10.8. The number of hydrogen-bond acceptors (Lipinski definition) is 4. The molecule has 0 aliphatic heterocycles. The monoisotopic (exact) mass is 572 g/mol. The van der Waals surface area contributed by atoms with Crippen LogP contribution in [0.5, 0.6) is 11.5 Å². The summed E-state index contributed by atoms with van der Waals surface area (Å²) in [6, 6.07) is 20.7. The summed E-state index contributed by atoms with van der Waals surface area (Å²) in [7, 11) is 1.52. The maximum absolute atomic E-state index is 12.5. The number of carbonyl (C=O) groups is 1.